The number of halogens is 2. The largest absolute Gasteiger partial charge is 0.306 e. The van der Waals surface area contributed by atoms with Gasteiger partial charge in [0.25, 0.3) is 0 Å². The van der Waals surface area contributed by atoms with Gasteiger partial charge in [0.15, 0.2) is 5.82 Å². The predicted octanol–water partition coefficient (Wildman–Crippen LogP) is 1.27. The Morgan fingerprint density at radius 1 is 1.22 bits per heavy atom. The number of sulfonamides is 1. The van der Waals surface area contributed by atoms with Crippen molar-refractivity contribution in [3.05, 3.63) is 36.2 Å². The van der Waals surface area contributed by atoms with Gasteiger partial charge in [0.05, 0.1) is 12.3 Å². The minimum absolute atomic E-state index is 0. The summed E-state index contributed by atoms with van der Waals surface area (Å²) in [5.41, 5.74) is 0.948. The van der Waals surface area contributed by atoms with Crippen LogP contribution in [0.3, 0.4) is 0 Å². The summed E-state index contributed by atoms with van der Waals surface area (Å²) in [7, 11) is -3.19. The zero-order chi connectivity index (χ0) is 14.9. The van der Waals surface area contributed by atoms with Crippen molar-refractivity contribution < 1.29 is 8.42 Å². The van der Waals surface area contributed by atoms with Crippen LogP contribution >= 0.6 is 24.8 Å². The van der Waals surface area contributed by atoms with Gasteiger partial charge in [-0.15, -0.1) is 24.8 Å². The van der Waals surface area contributed by atoms with E-state index < -0.39 is 10.0 Å². The Balaban J connectivity index is 0.00000132. The molecule has 1 aliphatic rings. The van der Waals surface area contributed by atoms with E-state index in [-0.39, 0.29) is 36.9 Å². The van der Waals surface area contributed by atoms with Gasteiger partial charge >= 0.3 is 0 Å². The van der Waals surface area contributed by atoms with Gasteiger partial charge in [-0.2, -0.15) is 5.10 Å². The van der Waals surface area contributed by atoms with E-state index in [1.165, 1.54) is 6.26 Å². The fraction of sp³-hybridized carbons (Fsp3) is 0.385. The molecule has 1 fully saturated rings. The Morgan fingerprint density at radius 3 is 2.57 bits per heavy atom. The van der Waals surface area contributed by atoms with Crippen molar-refractivity contribution in [3.8, 4) is 11.4 Å². The second kappa shape index (κ2) is 8.07. The molecular weight excluding hydrogens is 361 g/mol. The summed E-state index contributed by atoms with van der Waals surface area (Å²) in [6.45, 7) is 0.582. The minimum Gasteiger partial charge on any atom is -0.306 e. The molecule has 1 aromatic carbocycles. The van der Waals surface area contributed by atoms with Crippen LogP contribution in [-0.2, 0) is 10.0 Å². The molecule has 1 aliphatic heterocycles. The minimum atomic E-state index is -3.19. The van der Waals surface area contributed by atoms with Gasteiger partial charge in [-0.05, 0) is 6.42 Å². The quantitative estimate of drug-likeness (QED) is 0.742. The van der Waals surface area contributed by atoms with Crippen molar-refractivity contribution in [1.82, 2.24) is 25.2 Å². The van der Waals surface area contributed by atoms with E-state index in [4.69, 9.17) is 0 Å². The van der Waals surface area contributed by atoms with Crippen LogP contribution in [0, 0.1) is 0 Å². The monoisotopic (exact) mass is 379 g/mol. The van der Waals surface area contributed by atoms with Crippen molar-refractivity contribution in [2.45, 2.75) is 18.5 Å². The Bertz CT molecular complexity index is 723. The van der Waals surface area contributed by atoms with E-state index in [9.17, 15) is 8.42 Å². The maximum absolute atomic E-state index is 11.2. The lowest BCUT2D eigenvalue weighted by atomic mass is 10.2. The van der Waals surface area contributed by atoms with Gasteiger partial charge in [0.1, 0.15) is 5.82 Å². The molecule has 1 saturated heterocycles. The number of benzene rings is 1. The van der Waals surface area contributed by atoms with E-state index in [1.54, 1.807) is 0 Å². The molecule has 0 aliphatic carbocycles. The van der Waals surface area contributed by atoms with Gasteiger partial charge in [-0.3, -0.25) is 5.10 Å². The molecule has 0 bridgehead atoms. The molecule has 128 valence electrons. The number of hydrogen-bond acceptors (Lipinski definition) is 5. The number of hydrogen-bond donors (Lipinski definition) is 3. The smallest absolute Gasteiger partial charge is 0.208 e. The number of aromatic amines is 1. The number of aromatic nitrogens is 3. The summed E-state index contributed by atoms with van der Waals surface area (Å²) in [6, 6.07) is 9.57. The van der Waals surface area contributed by atoms with Gasteiger partial charge in [-0.25, -0.2) is 18.1 Å². The second-order valence-corrected chi connectivity index (χ2v) is 6.97. The van der Waals surface area contributed by atoms with Crippen molar-refractivity contribution in [2.75, 3.05) is 12.8 Å². The van der Waals surface area contributed by atoms with Crippen LogP contribution in [0.25, 0.3) is 11.4 Å². The van der Waals surface area contributed by atoms with Crippen molar-refractivity contribution in [2.24, 2.45) is 0 Å². The Morgan fingerprint density at radius 2 is 1.91 bits per heavy atom. The van der Waals surface area contributed by atoms with Crippen LogP contribution in [-0.4, -0.2) is 42.4 Å². The first kappa shape index (κ1) is 19.9. The topological polar surface area (TPSA) is 99.8 Å². The molecule has 2 aromatic rings. The van der Waals surface area contributed by atoms with Crippen LogP contribution in [0.4, 0.5) is 0 Å². The highest BCUT2D eigenvalue weighted by Crippen LogP contribution is 2.23. The number of H-pyrrole nitrogens is 1. The van der Waals surface area contributed by atoms with Crippen molar-refractivity contribution in [3.63, 3.8) is 0 Å². The molecule has 0 radical (unpaired) electrons. The first-order chi connectivity index (χ1) is 10.0. The third kappa shape index (κ3) is 5.15. The predicted molar refractivity (Wildman–Crippen MR) is 93.4 cm³/mol. The molecule has 10 heteroatoms. The van der Waals surface area contributed by atoms with Gasteiger partial charge < -0.3 is 5.32 Å². The first-order valence-electron chi connectivity index (χ1n) is 6.70. The summed E-state index contributed by atoms with van der Waals surface area (Å²) in [4.78, 5) is 4.49. The fourth-order valence-electron chi connectivity index (χ4n) is 2.48. The van der Waals surface area contributed by atoms with Crippen LogP contribution in [0.1, 0.15) is 18.3 Å². The molecule has 3 N–H and O–H groups in total. The number of nitrogens with zero attached hydrogens (tertiary/aromatic N) is 2. The van der Waals surface area contributed by atoms with E-state index in [1.807, 2.05) is 30.3 Å². The molecule has 2 heterocycles. The van der Waals surface area contributed by atoms with E-state index in [2.05, 4.69) is 25.2 Å². The molecule has 23 heavy (non-hydrogen) atoms. The van der Waals surface area contributed by atoms with E-state index in [0.29, 0.717) is 18.8 Å². The lowest BCUT2D eigenvalue weighted by Crippen LogP contribution is -2.35. The highest BCUT2D eigenvalue weighted by atomic mass is 35.5. The number of nitrogens with one attached hydrogen (secondary N) is 3. The zero-order valence-electron chi connectivity index (χ0n) is 12.4. The maximum atomic E-state index is 11.2. The molecule has 2 unspecified atom stereocenters. The van der Waals surface area contributed by atoms with Crippen LogP contribution in [0.5, 0.6) is 0 Å². The average Bonchev–Trinajstić information content (AvgIpc) is 3.06. The van der Waals surface area contributed by atoms with Crippen LogP contribution < -0.4 is 10.0 Å². The van der Waals surface area contributed by atoms with Crippen molar-refractivity contribution >= 4 is 34.8 Å². The molecule has 7 nitrogen and oxygen atoms in total. The Hall–Kier alpha value is -1.19. The zero-order valence-corrected chi connectivity index (χ0v) is 14.8. The standard InChI is InChI=1S/C13H17N5O2S.2ClH/c1-21(19,20)18-10-7-11(14-8-10)13-15-12(16-17-13)9-5-3-2-4-6-9;;/h2-6,10-11,14,18H,7-8H2,1H3,(H,15,16,17);2*1H. The molecule has 0 saturated carbocycles. The molecule has 3 rings (SSSR count). The summed E-state index contributed by atoms with van der Waals surface area (Å²) >= 11 is 0. The van der Waals surface area contributed by atoms with E-state index >= 15 is 0 Å². The lowest BCUT2D eigenvalue weighted by molar-refractivity contribution is 0.557. The SMILES string of the molecule is CS(=O)(=O)NC1CNC(c2nc(-c3ccccc3)n[nH]2)C1.Cl.Cl. The molecular formula is C13H19Cl2N5O2S. The summed E-state index contributed by atoms with van der Waals surface area (Å²) < 4.78 is 25.1. The Labute approximate surface area is 147 Å². The van der Waals surface area contributed by atoms with Gasteiger partial charge in [0.2, 0.25) is 10.0 Å². The lowest BCUT2D eigenvalue weighted by Gasteiger charge is -2.08. The number of rotatable bonds is 4. The highest BCUT2D eigenvalue weighted by molar-refractivity contribution is 7.88. The molecule has 2 atom stereocenters. The first-order valence-corrected chi connectivity index (χ1v) is 8.59. The summed E-state index contributed by atoms with van der Waals surface area (Å²) in [6.07, 6.45) is 1.82. The third-order valence-electron chi connectivity index (χ3n) is 3.38. The molecule has 0 amide bonds. The second-order valence-electron chi connectivity index (χ2n) is 5.19. The normalized spacial score (nSPS) is 20.6. The van der Waals surface area contributed by atoms with Crippen LogP contribution in [0.2, 0.25) is 0 Å². The van der Waals surface area contributed by atoms with Gasteiger partial charge in [-0.1, -0.05) is 30.3 Å². The van der Waals surface area contributed by atoms with Crippen molar-refractivity contribution in [1.29, 1.82) is 0 Å². The maximum Gasteiger partial charge on any atom is 0.208 e. The fourth-order valence-corrected chi connectivity index (χ4v) is 3.27. The third-order valence-corrected chi connectivity index (χ3v) is 4.14. The Kier molecular flexibility index (Phi) is 6.97. The molecule has 1 aromatic heterocycles. The summed E-state index contributed by atoms with van der Waals surface area (Å²) in [5, 5.41) is 10.4. The summed E-state index contributed by atoms with van der Waals surface area (Å²) in [5.74, 6) is 1.37. The molecule has 0 spiro atoms. The van der Waals surface area contributed by atoms with Gasteiger partial charge in [0, 0.05) is 18.2 Å². The average molecular weight is 380 g/mol. The van der Waals surface area contributed by atoms with Crippen LogP contribution in [0.15, 0.2) is 30.3 Å². The van der Waals surface area contributed by atoms with E-state index in [0.717, 1.165) is 11.4 Å². The highest BCUT2D eigenvalue weighted by Gasteiger charge is 2.29.